The minimum absolute atomic E-state index is 0.691. The van der Waals surface area contributed by atoms with E-state index in [9.17, 15) is 0 Å². The summed E-state index contributed by atoms with van der Waals surface area (Å²) >= 11 is -3.64. The Morgan fingerprint density at radius 3 is 0.659 bits per heavy atom. The van der Waals surface area contributed by atoms with Crippen LogP contribution in [0.2, 0.25) is 0 Å². The molecule has 0 N–H and O–H groups in total. The fourth-order valence-corrected chi connectivity index (χ4v) is 8.64. The maximum atomic E-state index is 6.93. The summed E-state index contributed by atoms with van der Waals surface area (Å²) in [5, 5.41) is 0. The Kier molecular flexibility index (Phi) is 36.1. The Morgan fingerprint density at radius 2 is 0.463 bits per heavy atom. The molecule has 0 aromatic heterocycles. The smallest absolute Gasteiger partial charge is 0.0654 e. The average molecular weight is 639 g/mol. The molecule has 0 fully saturated rings. The Labute approximate surface area is 268 Å². The van der Waals surface area contributed by atoms with Crippen LogP contribution >= 0.6 is 9.30 Å². The van der Waals surface area contributed by atoms with Crippen LogP contribution in [0.1, 0.15) is 213 Å². The molecule has 0 bridgehead atoms. The van der Waals surface area contributed by atoms with Gasteiger partial charge in [0.05, 0.1) is 0 Å². The van der Waals surface area contributed by atoms with Gasteiger partial charge < -0.3 is 0 Å². The second-order valence-corrected chi connectivity index (χ2v) is 17.3. The molecule has 3 nitrogen and oxygen atoms in total. The molecule has 0 unspecified atom stereocenters. The van der Waals surface area contributed by atoms with Crippen LogP contribution in [0.25, 0.3) is 0 Å². The van der Waals surface area contributed by atoms with E-state index in [2.05, 4.69) is 20.8 Å². The van der Waals surface area contributed by atoms with E-state index < -0.39 is 16.7 Å². The van der Waals surface area contributed by atoms with E-state index in [1.54, 1.807) is 0 Å². The quantitative estimate of drug-likeness (QED) is 0.0505. The van der Waals surface area contributed by atoms with Gasteiger partial charge in [0.2, 0.25) is 0 Å². The van der Waals surface area contributed by atoms with Gasteiger partial charge in [-0.2, -0.15) is 0 Å². The molecule has 0 aliphatic rings. The summed E-state index contributed by atoms with van der Waals surface area (Å²) in [5.74, 6) is 0. The predicted molar refractivity (Wildman–Crippen MR) is 179 cm³/mol. The van der Waals surface area contributed by atoms with Gasteiger partial charge in [-0.25, -0.2) is 0 Å². The third-order valence-corrected chi connectivity index (χ3v) is 12.2. The van der Waals surface area contributed by atoms with Crippen LogP contribution in [0.3, 0.4) is 0 Å². The van der Waals surface area contributed by atoms with Crippen molar-refractivity contribution in [2.75, 3.05) is 19.8 Å². The molecular weight excluding hydrogens is 564 g/mol. The Morgan fingerprint density at radius 1 is 0.293 bits per heavy atom. The molecule has 0 atom stereocenters. The van der Waals surface area contributed by atoms with Crippen molar-refractivity contribution in [2.24, 2.45) is 0 Å². The zero-order valence-electron chi connectivity index (χ0n) is 28.4. The predicted octanol–water partition coefficient (Wildman–Crippen LogP) is 13.9. The molecule has 0 radical (unpaired) electrons. The molecule has 0 aliphatic heterocycles. The van der Waals surface area contributed by atoms with Crippen LogP contribution in [0, 0.1) is 0 Å². The molecular formula is C36H75ClO3Ti. The van der Waals surface area contributed by atoms with Crippen molar-refractivity contribution in [2.45, 2.75) is 213 Å². The fraction of sp³-hybridized carbons (Fsp3) is 1.00. The Hall–Kier alpha value is 0.884. The van der Waals surface area contributed by atoms with Crippen LogP contribution in [0.15, 0.2) is 0 Å². The molecule has 0 aromatic rings. The van der Waals surface area contributed by atoms with Gasteiger partial charge in [-0.1, -0.05) is 20.8 Å². The van der Waals surface area contributed by atoms with Crippen LogP contribution in [-0.2, 0) is 26.6 Å². The molecule has 5 heteroatoms. The second-order valence-electron chi connectivity index (χ2n) is 12.6. The summed E-state index contributed by atoms with van der Waals surface area (Å²) in [6, 6.07) is 0. The van der Waals surface area contributed by atoms with E-state index in [1.165, 1.54) is 173 Å². The molecule has 0 spiro atoms. The summed E-state index contributed by atoms with van der Waals surface area (Å²) in [7, 11) is 6.93. The van der Waals surface area contributed by atoms with Crippen molar-refractivity contribution in [3.05, 3.63) is 0 Å². The first kappa shape index (κ1) is 41.9. The summed E-state index contributed by atoms with van der Waals surface area (Å²) in [4.78, 5) is 0. The van der Waals surface area contributed by atoms with E-state index in [4.69, 9.17) is 19.3 Å². The third kappa shape index (κ3) is 33.6. The van der Waals surface area contributed by atoms with E-state index in [0.717, 1.165) is 19.3 Å². The van der Waals surface area contributed by atoms with Gasteiger partial charge in [0, 0.05) is 0 Å². The van der Waals surface area contributed by atoms with Crippen molar-refractivity contribution in [1.82, 2.24) is 0 Å². The molecule has 0 amide bonds. The first-order valence-corrected chi connectivity index (χ1v) is 22.8. The number of halogens is 1. The zero-order valence-corrected chi connectivity index (χ0v) is 30.8. The number of unbranched alkanes of at least 4 members (excludes halogenated alkanes) is 27. The molecule has 0 aliphatic carbocycles. The first-order valence-electron chi connectivity index (χ1n) is 18.8. The Bertz CT molecular complexity index is 415. The van der Waals surface area contributed by atoms with E-state index in [-0.39, 0.29) is 0 Å². The van der Waals surface area contributed by atoms with Gasteiger partial charge in [0.25, 0.3) is 0 Å². The number of hydrogen-bond acceptors (Lipinski definition) is 3. The first-order chi connectivity index (χ1) is 20.2. The summed E-state index contributed by atoms with van der Waals surface area (Å²) < 4.78 is 18.6. The Balaban J connectivity index is 4.06. The normalized spacial score (nSPS) is 12.0. The van der Waals surface area contributed by atoms with Crippen LogP contribution in [0.4, 0.5) is 0 Å². The molecule has 248 valence electrons. The third-order valence-electron chi connectivity index (χ3n) is 8.32. The monoisotopic (exact) mass is 638 g/mol. The van der Waals surface area contributed by atoms with Crippen molar-refractivity contribution < 1.29 is 26.6 Å². The van der Waals surface area contributed by atoms with Gasteiger partial charge >= 0.3 is 248 Å². The number of rotatable bonds is 36. The zero-order chi connectivity index (χ0) is 30.0. The van der Waals surface area contributed by atoms with Crippen LogP contribution in [0.5, 0.6) is 0 Å². The average Bonchev–Trinajstić information content (AvgIpc) is 2.97. The van der Waals surface area contributed by atoms with Gasteiger partial charge in [-0.05, 0) is 0 Å². The van der Waals surface area contributed by atoms with E-state index in [1.807, 2.05) is 0 Å². The molecule has 0 saturated heterocycles. The van der Waals surface area contributed by atoms with Crippen LogP contribution in [-0.4, -0.2) is 19.8 Å². The molecule has 0 rings (SSSR count). The molecule has 0 saturated carbocycles. The van der Waals surface area contributed by atoms with Crippen molar-refractivity contribution in [1.29, 1.82) is 0 Å². The summed E-state index contributed by atoms with van der Waals surface area (Å²) in [6.45, 7) is 8.93. The van der Waals surface area contributed by atoms with Crippen molar-refractivity contribution in [3.8, 4) is 0 Å². The fourth-order valence-electron chi connectivity index (χ4n) is 5.48. The van der Waals surface area contributed by atoms with Gasteiger partial charge in [0.15, 0.2) is 0 Å². The molecule has 0 aromatic carbocycles. The maximum absolute atomic E-state index is 6.93. The van der Waals surface area contributed by atoms with Gasteiger partial charge in [-0.3, -0.25) is 0 Å². The van der Waals surface area contributed by atoms with Crippen molar-refractivity contribution in [3.63, 3.8) is 0 Å². The van der Waals surface area contributed by atoms with E-state index >= 15 is 0 Å². The summed E-state index contributed by atoms with van der Waals surface area (Å²) in [6.07, 6.45) is 39.8. The topological polar surface area (TPSA) is 27.7 Å². The minimum atomic E-state index is -3.64. The minimum Gasteiger partial charge on any atom is -0.0654 e. The molecule has 41 heavy (non-hydrogen) atoms. The van der Waals surface area contributed by atoms with Gasteiger partial charge in [-0.15, -0.1) is 0 Å². The van der Waals surface area contributed by atoms with Crippen molar-refractivity contribution >= 4 is 9.30 Å². The number of hydrogen-bond donors (Lipinski definition) is 0. The second kappa shape index (κ2) is 35.4. The summed E-state index contributed by atoms with van der Waals surface area (Å²) in [5.41, 5.74) is 0. The van der Waals surface area contributed by atoms with E-state index in [0.29, 0.717) is 19.8 Å². The van der Waals surface area contributed by atoms with Crippen LogP contribution < -0.4 is 0 Å². The molecule has 0 heterocycles. The van der Waals surface area contributed by atoms with Gasteiger partial charge in [0.1, 0.15) is 0 Å². The standard InChI is InChI=1S/3C12H25O.ClH.Ti/c3*1-2-3-4-5-6-7-8-9-10-11-12-13;;/h3*2-12H2,1H3;1H;/q3*-1;;+4/p-1. The SMILES string of the molecule is CCCCCCCCCCCC[O][Ti]([Cl])([O]CCCCCCCCCCCC)[O]CCCCCCCCCCCC.